The molecule has 3 rings (SSSR count). The molecule has 0 aliphatic carbocycles. The Kier molecular flexibility index (Phi) is 2.96. The first-order chi connectivity index (χ1) is 9.95. The fourth-order valence-electron chi connectivity index (χ4n) is 3.22. The number of carbonyl (C=O) groups is 2. The number of benzene rings is 1. The molecular formula is C15H15N3O3. The predicted octanol–water partition coefficient (Wildman–Crippen LogP) is 1.08. The molecule has 2 fully saturated rings. The molecule has 1 aromatic rings. The van der Waals surface area contributed by atoms with Crippen LogP contribution in [0.5, 0.6) is 0 Å². The van der Waals surface area contributed by atoms with Crippen LogP contribution in [0.3, 0.4) is 0 Å². The molecule has 0 radical (unpaired) electrons. The first kappa shape index (κ1) is 13.6. The van der Waals surface area contributed by atoms with E-state index in [2.05, 4.69) is 6.07 Å². The van der Waals surface area contributed by atoms with Crippen LogP contribution in [0.4, 0.5) is 10.5 Å². The van der Waals surface area contributed by atoms with Crippen molar-refractivity contribution in [1.29, 1.82) is 5.26 Å². The van der Waals surface area contributed by atoms with Gasteiger partial charge >= 0.3 is 6.03 Å². The van der Waals surface area contributed by atoms with Crippen LogP contribution in [0, 0.1) is 25.2 Å². The minimum atomic E-state index is -0.801. The average Bonchev–Trinajstić information content (AvgIpc) is 2.92. The summed E-state index contributed by atoms with van der Waals surface area (Å²) in [7, 11) is 0. The third kappa shape index (κ3) is 1.82. The molecule has 0 saturated carbocycles. The number of aliphatic hydroxyl groups excluding tert-OH is 1. The van der Waals surface area contributed by atoms with Crippen molar-refractivity contribution in [3.05, 3.63) is 28.8 Å². The highest BCUT2D eigenvalue weighted by molar-refractivity contribution is 6.22. The van der Waals surface area contributed by atoms with Crippen molar-refractivity contribution >= 4 is 17.6 Å². The smallest absolute Gasteiger partial charge is 0.332 e. The number of hydrogen-bond acceptors (Lipinski definition) is 4. The minimum absolute atomic E-state index is 0.388. The Morgan fingerprint density at radius 2 is 1.90 bits per heavy atom. The number of nitriles is 1. The average molecular weight is 285 g/mol. The van der Waals surface area contributed by atoms with E-state index in [4.69, 9.17) is 5.26 Å². The quantitative estimate of drug-likeness (QED) is 0.782. The van der Waals surface area contributed by atoms with Gasteiger partial charge in [-0.2, -0.15) is 5.26 Å². The van der Waals surface area contributed by atoms with E-state index in [1.807, 2.05) is 0 Å². The van der Waals surface area contributed by atoms with Gasteiger partial charge in [0.1, 0.15) is 6.04 Å². The zero-order chi connectivity index (χ0) is 15.3. The Morgan fingerprint density at radius 1 is 1.29 bits per heavy atom. The van der Waals surface area contributed by atoms with E-state index >= 15 is 0 Å². The first-order valence-corrected chi connectivity index (χ1v) is 6.79. The summed E-state index contributed by atoms with van der Waals surface area (Å²) >= 11 is 0. The second-order valence-corrected chi connectivity index (χ2v) is 5.52. The molecule has 108 valence electrons. The number of aliphatic hydroxyl groups is 1. The van der Waals surface area contributed by atoms with Gasteiger partial charge in [-0.05, 0) is 43.5 Å². The van der Waals surface area contributed by atoms with Gasteiger partial charge in [0.2, 0.25) is 0 Å². The molecular weight excluding hydrogens is 270 g/mol. The number of nitrogens with zero attached hydrogens (tertiary/aromatic N) is 3. The highest BCUT2D eigenvalue weighted by Crippen LogP contribution is 2.35. The van der Waals surface area contributed by atoms with Gasteiger partial charge in [-0.3, -0.25) is 4.79 Å². The molecule has 2 aliphatic heterocycles. The van der Waals surface area contributed by atoms with Gasteiger partial charge in [0.15, 0.2) is 0 Å². The largest absolute Gasteiger partial charge is 0.390 e. The van der Waals surface area contributed by atoms with Gasteiger partial charge < -0.3 is 10.0 Å². The highest BCUT2D eigenvalue weighted by Gasteiger charge is 2.52. The second kappa shape index (κ2) is 4.57. The molecule has 3 amide bonds. The van der Waals surface area contributed by atoms with Crippen molar-refractivity contribution in [1.82, 2.24) is 4.90 Å². The second-order valence-electron chi connectivity index (χ2n) is 5.52. The zero-order valence-electron chi connectivity index (χ0n) is 11.8. The van der Waals surface area contributed by atoms with E-state index in [1.54, 1.807) is 26.0 Å². The maximum atomic E-state index is 12.5. The summed E-state index contributed by atoms with van der Waals surface area (Å²) in [4.78, 5) is 27.5. The van der Waals surface area contributed by atoms with E-state index in [0.29, 0.717) is 35.3 Å². The lowest BCUT2D eigenvalue weighted by Gasteiger charge is -2.20. The van der Waals surface area contributed by atoms with Gasteiger partial charge in [0, 0.05) is 6.54 Å². The monoisotopic (exact) mass is 285 g/mol. The normalized spacial score (nSPS) is 24.5. The Hall–Kier alpha value is -2.39. The number of anilines is 1. The fraction of sp³-hybridized carbons (Fsp3) is 0.400. The molecule has 0 unspecified atom stereocenters. The number of urea groups is 1. The van der Waals surface area contributed by atoms with Gasteiger partial charge in [0.25, 0.3) is 5.91 Å². The zero-order valence-corrected chi connectivity index (χ0v) is 11.8. The van der Waals surface area contributed by atoms with Crippen molar-refractivity contribution in [2.75, 3.05) is 11.4 Å². The van der Waals surface area contributed by atoms with E-state index in [9.17, 15) is 14.7 Å². The van der Waals surface area contributed by atoms with Gasteiger partial charge in [-0.25, -0.2) is 9.69 Å². The maximum absolute atomic E-state index is 12.5. The van der Waals surface area contributed by atoms with E-state index in [-0.39, 0.29) is 5.91 Å². The molecule has 2 saturated heterocycles. The molecule has 6 heteroatoms. The molecule has 0 spiro atoms. The summed E-state index contributed by atoms with van der Waals surface area (Å²) in [5.74, 6) is -0.388. The maximum Gasteiger partial charge on any atom is 0.332 e. The van der Waals surface area contributed by atoms with Crippen LogP contribution in [0.25, 0.3) is 0 Å². The summed E-state index contributed by atoms with van der Waals surface area (Å²) in [6.07, 6.45) is -0.369. The number of rotatable bonds is 1. The van der Waals surface area contributed by atoms with Gasteiger partial charge in [0.05, 0.1) is 23.4 Å². The van der Waals surface area contributed by atoms with Crippen LogP contribution in [-0.4, -0.2) is 40.6 Å². The fourth-order valence-corrected chi connectivity index (χ4v) is 3.22. The van der Waals surface area contributed by atoms with Crippen LogP contribution in [-0.2, 0) is 4.79 Å². The van der Waals surface area contributed by atoms with E-state index < -0.39 is 18.2 Å². The lowest BCUT2D eigenvalue weighted by atomic mass is 10.0. The Balaban J connectivity index is 2.08. The minimum Gasteiger partial charge on any atom is -0.390 e. The van der Waals surface area contributed by atoms with E-state index in [0.717, 1.165) is 4.90 Å². The van der Waals surface area contributed by atoms with Crippen molar-refractivity contribution in [2.45, 2.75) is 32.4 Å². The molecule has 2 atom stereocenters. The molecule has 21 heavy (non-hydrogen) atoms. The summed E-state index contributed by atoms with van der Waals surface area (Å²) in [6.45, 7) is 3.93. The van der Waals surface area contributed by atoms with Crippen molar-refractivity contribution in [2.24, 2.45) is 0 Å². The SMILES string of the molecule is Cc1cc(C#N)cc(C)c1N1C(=O)[C@@H]2[C@H](O)CCN2C1=O. The topological polar surface area (TPSA) is 84.6 Å². The Labute approximate surface area is 122 Å². The van der Waals surface area contributed by atoms with Crippen LogP contribution in [0.15, 0.2) is 12.1 Å². The number of hydrogen-bond donors (Lipinski definition) is 1. The molecule has 6 nitrogen and oxygen atoms in total. The molecule has 1 aromatic carbocycles. The van der Waals surface area contributed by atoms with Crippen LogP contribution in [0.1, 0.15) is 23.1 Å². The van der Waals surface area contributed by atoms with Crippen molar-refractivity contribution in [3.63, 3.8) is 0 Å². The third-order valence-electron chi connectivity index (χ3n) is 4.12. The number of amides is 3. The summed E-state index contributed by atoms with van der Waals surface area (Å²) < 4.78 is 0. The Bertz CT molecular complexity index is 669. The predicted molar refractivity (Wildman–Crippen MR) is 74.6 cm³/mol. The number of fused-ring (bicyclic) bond motifs is 1. The molecule has 1 N–H and O–H groups in total. The lowest BCUT2D eigenvalue weighted by molar-refractivity contribution is -0.121. The number of carbonyl (C=O) groups excluding carboxylic acids is 2. The standard InChI is InChI=1S/C15H15N3O3/c1-8-5-10(7-16)6-9(2)12(8)18-14(20)13-11(19)3-4-17(13)15(18)21/h5-6,11,13,19H,3-4H2,1-2H3/t11-,13+/m1/s1. The molecule has 2 heterocycles. The number of aryl methyl sites for hydroxylation is 2. The summed E-state index contributed by atoms with van der Waals surface area (Å²) in [5, 5.41) is 18.9. The third-order valence-corrected chi connectivity index (χ3v) is 4.12. The Morgan fingerprint density at radius 3 is 2.43 bits per heavy atom. The van der Waals surface area contributed by atoms with Crippen molar-refractivity contribution in [3.8, 4) is 6.07 Å². The summed E-state index contributed by atoms with van der Waals surface area (Å²) in [6, 6.07) is 4.21. The van der Waals surface area contributed by atoms with Gasteiger partial charge in [-0.15, -0.1) is 0 Å². The van der Waals surface area contributed by atoms with Crippen LogP contribution < -0.4 is 4.90 Å². The molecule has 0 aromatic heterocycles. The number of imide groups is 1. The molecule has 2 aliphatic rings. The summed E-state index contributed by atoms with van der Waals surface area (Å²) in [5.41, 5.74) is 2.41. The van der Waals surface area contributed by atoms with Gasteiger partial charge in [-0.1, -0.05) is 0 Å². The van der Waals surface area contributed by atoms with Crippen LogP contribution in [0.2, 0.25) is 0 Å². The lowest BCUT2D eigenvalue weighted by Crippen LogP contribution is -2.37. The highest BCUT2D eigenvalue weighted by atomic mass is 16.3. The van der Waals surface area contributed by atoms with Crippen molar-refractivity contribution < 1.29 is 14.7 Å². The molecule has 0 bridgehead atoms. The van der Waals surface area contributed by atoms with Crippen LogP contribution >= 0.6 is 0 Å². The van der Waals surface area contributed by atoms with E-state index in [1.165, 1.54) is 4.90 Å². The first-order valence-electron chi connectivity index (χ1n) is 6.79.